The summed E-state index contributed by atoms with van der Waals surface area (Å²) in [5, 5.41) is 10.6. The Morgan fingerprint density at radius 1 is 1.10 bits per heavy atom. The predicted molar refractivity (Wildman–Crippen MR) is 97.0 cm³/mol. The molecule has 0 fully saturated rings. The van der Waals surface area contributed by atoms with Crippen molar-refractivity contribution in [2.45, 2.75) is 34.6 Å². The number of pyridine rings is 1. The van der Waals surface area contributed by atoms with E-state index in [0.717, 1.165) is 27.2 Å². The van der Waals surface area contributed by atoms with Crippen molar-refractivity contribution in [3.05, 3.63) is 52.1 Å². The minimum absolute atomic E-state index is 0.784. The second kappa shape index (κ2) is 11.0. The van der Waals surface area contributed by atoms with Crippen LogP contribution in [0.15, 0.2) is 40.9 Å². The van der Waals surface area contributed by atoms with E-state index in [0.29, 0.717) is 0 Å². The van der Waals surface area contributed by atoms with Gasteiger partial charge in [0.25, 0.3) is 0 Å². The summed E-state index contributed by atoms with van der Waals surface area (Å²) in [6.45, 7) is 9.95. The van der Waals surface area contributed by atoms with Gasteiger partial charge >= 0.3 is 0 Å². The van der Waals surface area contributed by atoms with Crippen molar-refractivity contribution in [3.63, 3.8) is 0 Å². The van der Waals surface area contributed by atoms with Gasteiger partial charge in [-0.25, -0.2) is 4.98 Å². The van der Waals surface area contributed by atoms with E-state index >= 15 is 0 Å². The molecule has 21 heavy (non-hydrogen) atoms. The average molecular weight is 350 g/mol. The molecule has 0 aliphatic carbocycles. The Balaban J connectivity index is 0.000000921. The Labute approximate surface area is 136 Å². The first-order valence-corrected chi connectivity index (χ1v) is 7.99. The molecule has 2 aromatic rings. The van der Waals surface area contributed by atoms with Gasteiger partial charge in [0.05, 0.1) is 0 Å². The monoisotopic (exact) mass is 349 g/mol. The van der Waals surface area contributed by atoms with Crippen LogP contribution in [-0.2, 0) is 0 Å². The zero-order valence-corrected chi connectivity index (χ0v) is 15.0. The van der Waals surface area contributed by atoms with Crippen LogP contribution in [0.5, 0.6) is 0 Å². The van der Waals surface area contributed by atoms with Crippen molar-refractivity contribution in [2.24, 2.45) is 0 Å². The van der Waals surface area contributed by atoms with Gasteiger partial charge in [0, 0.05) is 27.6 Å². The van der Waals surface area contributed by atoms with Crippen LogP contribution in [0, 0.1) is 12.3 Å². The molecule has 0 bridgehead atoms. The van der Waals surface area contributed by atoms with Gasteiger partial charge in [0.1, 0.15) is 5.82 Å². The third-order valence-electron chi connectivity index (χ3n) is 2.32. The lowest BCUT2D eigenvalue weighted by Crippen LogP contribution is -1.98. The largest absolute Gasteiger partial charge is 0.340 e. The third kappa shape index (κ3) is 6.54. The highest BCUT2D eigenvalue weighted by Crippen LogP contribution is 2.23. The Kier molecular flexibility index (Phi) is 10.1. The number of halogens is 1. The molecule has 0 aliphatic rings. The highest BCUT2D eigenvalue weighted by Gasteiger charge is 2.02. The molecule has 1 aromatic carbocycles. The van der Waals surface area contributed by atoms with E-state index in [1.807, 2.05) is 71.0 Å². The summed E-state index contributed by atoms with van der Waals surface area (Å²) in [6.07, 6.45) is 1.32. The van der Waals surface area contributed by atoms with Gasteiger partial charge in [-0.15, -0.1) is 0 Å². The summed E-state index contributed by atoms with van der Waals surface area (Å²) in [5.41, 5.74) is 2.66. The molecule has 0 atom stereocenters. The van der Waals surface area contributed by atoms with Gasteiger partial charge in [-0.1, -0.05) is 55.8 Å². The van der Waals surface area contributed by atoms with E-state index in [1.54, 1.807) is 0 Å². The lowest BCUT2D eigenvalue weighted by molar-refractivity contribution is 1.20. The first kappa shape index (κ1) is 19.3. The Bertz CT molecular complexity index is 553. The van der Waals surface area contributed by atoms with Crippen molar-refractivity contribution in [2.75, 3.05) is 5.32 Å². The summed E-state index contributed by atoms with van der Waals surface area (Å²) in [5.74, 6) is 0.784. The first-order chi connectivity index (χ1) is 10.2. The van der Waals surface area contributed by atoms with Crippen LogP contribution in [0.25, 0.3) is 0 Å². The van der Waals surface area contributed by atoms with Gasteiger partial charge in [-0.3, -0.25) is 0 Å². The Morgan fingerprint density at radius 3 is 2.33 bits per heavy atom. The molecule has 2 rings (SSSR count). The maximum Gasteiger partial charge on any atom is 0.130 e. The zero-order chi connectivity index (χ0) is 16.3. The van der Waals surface area contributed by atoms with Crippen molar-refractivity contribution < 1.29 is 0 Å². The normalized spacial score (nSPS) is 8.67. The van der Waals surface area contributed by atoms with Gasteiger partial charge in [-0.2, -0.15) is 0 Å². The molecule has 0 aliphatic heterocycles. The number of nitrogens with one attached hydrogen (secondary N) is 2. The molecule has 0 unspecified atom stereocenters. The average Bonchev–Trinajstić information content (AvgIpc) is 2.52. The van der Waals surface area contributed by atoms with Crippen LogP contribution in [-0.4, -0.2) is 11.2 Å². The molecular weight excluding hydrogens is 326 g/mol. The summed E-state index contributed by atoms with van der Waals surface area (Å²) >= 11 is 3.42. The van der Waals surface area contributed by atoms with Gasteiger partial charge in [0.2, 0.25) is 0 Å². The van der Waals surface area contributed by atoms with Crippen LogP contribution in [0.2, 0.25) is 0 Å². The molecule has 0 saturated heterocycles. The minimum atomic E-state index is 0.784. The predicted octanol–water partition coefficient (Wildman–Crippen LogP) is 5.95. The fraction of sp³-hybridized carbons (Fsp3) is 0.294. The number of hydrogen-bond donors (Lipinski definition) is 2. The van der Waals surface area contributed by atoms with Gasteiger partial charge < -0.3 is 10.7 Å². The molecule has 0 radical (unpaired) electrons. The van der Waals surface area contributed by atoms with Gasteiger partial charge in [-0.05, 0) is 31.2 Å². The standard InChI is InChI=1S/C13H12BrN3.2C2H6/c1-9-3-2-4-13(16-9)17-12-7-11(14)6-5-10(12)8-15;2*1-2/h2-8,15H,1H3,(H,16,17);2*1-2H3. The first-order valence-electron chi connectivity index (χ1n) is 7.20. The van der Waals surface area contributed by atoms with Crippen molar-refractivity contribution in [1.29, 1.82) is 5.41 Å². The number of benzene rings is 1. The molecule has 4 heteroatoms. The lowest BCUT2D eigenvalue weighted by Gasteiger charge is -2.09. The van der Waals surface area contributed by atoms with Crippen LogP contribution in [0.3, 0.4) is 0 Å². The highest BCUT2D eigenvalue weighted by molar-refractivity contribution is 9.10. The molecule has 2 N–H and O–H groups in total. The number of nitrogens with zero attached hydrogens (tertiary/aromatic N) is 1. The van der Waals surface area contributed by atoms with Gasteiger partial charge in [0.15, 0.2) is 0 Å². The van der Waals surface area contributed by atoms with E-state index < -0.39 is 0 Å². The zero-order valence-electron chi connectivity index (χ0n) is 13.4. The number of aromatic nitrogens is 1. The molecule has 1 aromatic heterocycles. The summed E-state index contributed by atoms with van der Waals surface area (Å²) in [6, 6.07) is 11.5. The maximum atomic E-state index is 7.36. The quantitative estimate of drug-likeness (QED) is 0.673. The summed E-state index contributed by atoms with van der Waals surface area (Å²) in [7, 11) is 0. The summed E-state index contributed by atoms with van der Waals surface area (Å²) < 4.78 is 0.971. The molecule has 114 valence electrons. The van der Waals surface area contributed by atoms with E-state index in [4.69, 9.17) is 5.41 Å². The molecule has 3 nitrogen and oxygen atoms in total. The Morgan fingerprint density at radius 2 is 1.76 bits per heavy atom. The highest BCUT2D eigenvalue weighted by atomic mass is 79.9. The maximum absolute atomic E-state index is 7.36. The number of hydrogen-bond acceptors (Lipinski definition) is 3. The smallest absolute Gasteiger partial charge is 0.130 e. The fourth-order valence-electron chi connectivity index (χ4n) is 1.51. The molecule has 0 saturated carbocycles. The van der Waals surface area contributed by atoms with Crippen LogP contribution >= 0.6 is 15.9 Å². The molecule has 0 spiro atoms. The lowest BCUT2D eigenvalue weighted by atomic mass is 10.2. The number of anilines is 2. The topological polar surface area (TPSA) is 48.8 Å². The van der Waals surface area contributed by atoms with E-state index in [2.05, 4.69) is 26.2 Å². The minimum Gasteiger partial charge on any atom is -0.340 e. The Hall–Kier alpha value is -1.68. The van der Waals surface area contributed by atoms with Crippen molar-refractivity contribution in [1.82, 2.24) is 4.98 Å². The van der Waals surface area contributed by atoms with Crippen LogP contribution in [0.1, 0.15) is 39.0 Å². The molecule has 0 amide bonds. The molecular formula is C17H24BrN3. The number of aryl methyl sites for hydroxylation is 1. The van der Waals surface area contributed by atoms with Crippen molar-refractivity contribution in [3.8, 4) is 0 Å². The van der Waals surface area contributed by atoms with Crippen molar-refractivity contribution >= 4 is 33.6 Å². The van der Waals surface area contributed by atoms with Crippen LogP contribution < -0.4 is 5.32 Å². The summed E-state index contributed by atoms with van der Waals surface area (Å²) in [4.78, 5) is 4.37. The van der Waals surface area contributed by atoms with E-state index in [1.165, 1.54) is 6.21 Å². The SMILES string of the molecule is CC.CC.Cc1cccc(Nc2cc(Br)ccc2C=N)n1. The van der Waals surface area contributed by atoms with Crippen LogP contribution in [0.4, 0.5) is 11.5 Å². The van der Waals surface area contributed by atoms with E-state index in [9.17, 15) is 0 Å². The fourth-order valence-corrected chi connectivity index (χ4v) is 1.87. The third-order valence-corrected chi connectivity index (χ3v) is 2.82. The van der Waals surface area contributed by atoms with E-state index in [-0.39, 0.29) is 0 Å². The second-order valence-corrected chi connectivity index (χ2v) is 4.58. The number of rotatable bonds is 3. The second-order valence-electron chi connectivity index (χ2n) is 3.67. The molecule has 1 heterocycles.